The molecular formula is C16H15ClF4N2S. The molecule has 1 aliphatic rings. The SMILES string of the molecule is FC1CC(F)C(F)C(c2ccccc2NCc2cnc(Cl)s2)C1F. The maximum atomic E-state index is 14.3. The van der Waals surface area contributed by atoms with Crippen LogP contribution in [-0.2, 0) is 6.54 Å². The van der Waals surface area contributed by atoms with E-state index in [0.29, 0.717) is 16.7 Å². The highest BCUT2D eigenvalue weighted by Gasteiger charge is 2.47. The van der Waals surface area contributed by atoms with Crippen molar-refractivity contribution < 1.29 is 17.6 Å². The highest BCUT2D eigenvalue weighted by Crippen LogP contribution is 2.42. The molecule has 4 unspecified atom stereocenters. The van der Waals surface area contributed by atoms with Crippen LogP contribution in [0.2, 0.25) is 4.47 Å². The van der Waals surface area contributed by atoms with E-state index in [1.807, 2.05) is 0 Å². The Labute approximate surface area is 145 Å². The van der Waals surface area contributed by atoms with Gasteiger partial charge < -0.3 is 5.32 Å². The summed E-state index contributed by atoms with van der Waals surface area (Å²) < 4.78 is 56.3. The van der Waals surface area contributed by atoms with Crippen molar-refractivity contribution in [2.75, 3.05) is 5.32 Å². The fraction of sp³-hybridized carbons (Fsp3) is 0.438. The normalized spacial score (nSPS) is 30.3. The van der Waals surface area contributed by atoms with Gasteiger partial charge in [0.05, 0.1) is 12.5 Å². The van der Waals surface area contributed by atoms with E-state index in [9.17, 15) is 17.6 Å². The first-order valence-electron chi connectivity index (χ1n) is 7.46. The first-order valence-corrected chi connectivity index (χ1v) is 8.66. The van der Waals surface area contributed by atoms with E-state index in [1.165, 1.54) is 17.4 Å². The van der Waals surface area contributed by atoms with E-state index in [4.69, 9.17) is 11.6 Å². The first-order chi connectivity index (χ1) is 11.5. The van der Waals surface area contributed by atoms with E-state index in [0.717, 1.165) is 4.88 Å². The number of halogens is 5. The van der Waals surface area contributed by atoms with E-state index in [2.05, 4.69) is 10.3 Å². The molecule has 1 heterocycles. The van der Waals surface area contributed by atoms with Crippen molar-refractivity contribution in [2.24, 2.45) is 0 Å². The Kier molecular flexibility index (Phi) is 5.30. The number of benzene rings is 1. The molecule has 24 heavy (non-hydrogen) atoms. The number of para-hydroxylation sites is 1. The molecule has 2 nitrogen and oxygen atoms in total. The number of hydrogen-bond donors (Lipinski definition) is 1. The Balaban J connectivity index is 1.84. The molecule has 0 aliphatic heterocycles. The molecule has 1 aromatic carbocycles. The minimum atomic E-state index is -2.08. The summed E-state index contributed by atoms with van der Waals surface area (Å²) in [5.41, 5.74) is 0.678. The van der Waals surface area contributed by atoms with Crippen LogP contribution >= 0.6 is 22.9 Å². The van der Waals surface area contributed by atoms with Gasteiger partial charge in [-0.2, -0.15) is 0 Å². The molecule has 0 amide bonds. The zero-order valence-corrected chi connectivity index (χ0v) is 14.0. The number of nitrogens with zero attached hydrogens (tertiary/aromatic N) is 1. The van der Waals surface area contributed by atoms with E-state index in [-0.39, 0.29) is 5.56 Å². The van der Waals surface area contributed by atoms with Gasteiger partial charge in [0.25, 0.3) is 0 Å². The van der Waals surface area contributed by atoms with E-state index in [1.54, 1.807) is 24.4 Å². The third-order valence-corrected chi connectivity index (χ3v) is 5.24. The lowest BCUT2D eigenvalue weighted by atomic mass is 9.78. The Hall–Kier alpha value is -1.34. The molecule has 130 valence electrons. The van der Waals surface area contributed by atoms with Crippen LogP contribution in [0.15, 0.2) is 30.5 Å². The lowest BCUT2D eigenvalue weighted by Gasteiger charge is -2.35. The molecule has 2 aromatic rings. The molecule has 0 saturated heterocycles. The standard InChI is InChI=1S/C16H15ClF4N2S/c17-16-23-7-8(24-16)6-22-12-4-2-1-3-9(12)13-14(20)10(18)5-11(19)15(13)21/h1-4,7,10-11,13-15,22H,5-6H2. The maximum absolute atomic E-state index is 14.3. The smallest absolute Gasteiger partial charge is 0.183 e. The number of anilines is 1. The van der Waals surface area contributed by atoms with Gasteiger partial charge in [-0.3, -0.25) is 0 Å². The third kappa shape index (κ3) is 3.52. The molecule has 8 heteroatoms. The predicted octanol–water partition coefficient (Wildman–Crippen LogP) is 5.25. The number of rotatable bonds is 4. The summed E-state index contributed by atoms with van der Waals surface area (Å²) in [6, 6.07) is 6.41. The summed E-state index contributed by atoms with van der Waals surface area (Å²) in [6.07, 6.45) is -7.32. The van der Waals surface area contributed by atoms with Crippen LogP contribution in [0.3, 0.4) is 0 Å². The quantitative estimate of drug-likeness (QED) is 0.735. The molecule has 4 atom stereocenters. The monoisotopic (exact) mass is 378 g/mol. The molecule has 1 N–H and O–H groups in total. The second-order valence-corrected chi connectivity index (χ2v) is 7.40. The van der Waals surface area contributed by atoms with Crippen LogP contribution in [0.5, 0.6) is 0 Å². The van der Waals surface area contributed by atoms with Gasteiger partial charge in [0, 0.05) is 23.2 Å². The third-order valence-electron chi connectivity index (χ3n) is 4.13. The minimum Gasteiger partial charge on any atom is -0.380 e. The number of alkyl halides is 4. The van der Waals surface area contributed by atoms with Gasteiger partial charge in [0.1, 0.15) is 24.7 Å². The lowest BCUT2D eigenvalue weighted by Crippen LogP contribution is -2.44. The number of hydrogen-bond acceptors (Lipinski definition) is 3. The van der Waals surface area contributed by atoms with Crippen molar-refractivity contribution in [1.82, 2.24) is 4.98 Å². The minimum absolute atomic E-state index is 0.234. The van der Waals surface area contributed by atoms with Crippen molar-refractivity contribution in [3.63, 3.8) is 0 Å². The molecular weight excluding hydrogens is 364 g/mol. The Morgan fingerprint density at radius 1 is 1.12 bits per heavy atom. The topological polar surface area (TPSA) is 24.9 Å². The van der Waals surface area contributed by atoms with Gasteiger partial charge in [-0.1, -0.05) is 29.8 Å². The van der Waals surface area contributed by atoms with E-state index < -0.39 is 37.0 Å². The van der Waals surface area contributed by atoms with Gasteiger partial charge in [0.2, 0.25) is 0 Å². The van der Waals surface area contributed by atoms with Crippen molar-refractivity contribution in [2.45, 2.75) is 43.6 Å². The summed E-state index contributed by atoms with van der Waals surface area (Å²) in [5, 5.41) is 3.04. The number of thiazole rings is 1. The predicted molar refractivity (Wildman–Crippen MR) is 87.8 cm³/mol. The van der Waals surface area contributed by atoms with Crippen LogP contribution in [0.25, 0.3) is 0 Å². The van der Waals surface area contributed by atoms with Gasteiger partial charge >= 0.3 is 0 Å². The molecule has 1 saturated carbocycles. The van der Waals surface area contributed by atoms with Crippen LogP contribution in [0, 0.1) is 0 Å². The first kappa shape index (κ1) is 17.5. The summed E-state index contributed by atoms with van der Waals surface area (Å²) in [4.78, 5) is 4.74. The van der Waals surface area contributed by atoms with Gasteiger partial charge in [0.15, 0.2) is 4.47 Å². The largest absolute Gasteiger partial charge is 0.380 e. The van der Waals surface area contributed by atoms with Gasteiger partial charge in [-0.15, -0.1) is 11.3 Å². The van der Waals surface area contributed by atoms with Crippen molar-refractivity contribution >= 4 is 28.6 Å². The maximum Gasteiger partial charge on any atom is 0.183 e. The molecule has 3 rings (SSSR count). The summed E-state index contributed by atoms with van der Waals surface area (Å²) in [6.45, 7) is 0.347. The van der Waals surface area contributed by atoms with Crippen LogP contribution in [-0.4, -0.2) is 29.7 Å². The number of aromatic nitrogens is 1. The highest BCUT2D eigenvalue weighted by molar-refractivity contribution is 7.15. The summed E-state index contributed by atoms with van der Waals surface area (Å²) in [7, 11) is 0. The zero-order valence-electron chi connectivity index (χ0n) is 12.4. The van der Waals surface area contributed by atoms with Crippen LogP contribution in [0.1, 0.15) is 22.8 Å². The average molecular weight is 379 g/mol. The average Bonchev–Trinajstić information content (AvgIpc) is 2.98. The van der Waals surface area contributed by atoms with Crippen molar-refractivity contribution in [3.8, 4) is 0 Å². The van der Waals surface area contributed by atoms with Crippen LogP contribution in [0.4, 0.5) is 23.2 Å². The van der Waals surface area contributed by atoms with Crippen molar-refractivity contribution in [3.05, 3.63) is 45.4 Å². The van der Waals surface area contributed by atoms with E-state index >= 15 is 0 Å². The number of nitrogens with one attached hydrogen (secondary N) is 1. The molecule has 1 fully saturated rings. The second-order valence-electron chi connectivity index (χ2n) is 5.70. The van der Waals surface area contributed by atoms with Gasteiger partial charge in [-0.25, -0.2) is 22.5 Å². The second kappa shape index (κ2) is 7.27. The fourth-order valence-electron chi connectivity index (χ4n) is 2.94. The van der Waals surface area contributed by atoms with Crippen LogP contribution < -0.4 is 5.32 Å². The molecule has 0 bridgehead atoms. The Morgan fingerprint density at radius 2 is 1.79 bits per heavy atom. The fourth-order valence-corrected chi connectivity index (χ4v) is 3.86. The van der Waals surface area contributed by atoms with Gasteiger partial charge in [-0.05, 0) is 11.6 Å². The molecule has 1 aliphatic carbocycles. The Morgan fingerprint density at radius 3 is 2.42 bits per heavy atom. The molecule has 1 aromatic heterocycles. The highest BCUT2D eigenvalue weighted by atomic mass is 35.5. The molecule has 0 radical (unpaired) electrons. The zero-order chi connectivity index (χ0) is 17.3. The Bertz CT molecular complexity index is 684. The lowest BCUT2D eigenvalue weighted by molar-refractivity contribution is -0.00551. The summed E-state index contributed by atoms with van der Waals surface area (Å²) >= 11 is 7.04. The molecule has 0 spiro atoms. The van der Waals surface area contributed by atoms with Crippen molar-refractivity contribution in [1.29, 1.82) is 0 Å². The summed E-state index contributed by atoms with van der Waals surface area (Å²) in [5.74, 6) is -1.47.